The van der Waals surface area contributed by atoms with Gasteiger partial charge in [0.25, 0.3) is 0 Å². The second-order valence-corrected chi connectivity index (χ2v) is 7.09. The number of rotatable bonds is 6. The second-order valence-electron chi connectivity index (χ2n) is 7.09. The Balaban J connectivity index is 2.20. The van der Waals surface area contributed by atoms with E-state index in [4.69, 9.17) is 14.9 Å². The largest absolute Gasteiger partial charge is 0.453 e. The van der Waals surface area contributed by atoms with Crippen molar-refractivity contribution in [2.24, 2.45) is 0 Å². The molecule has 10 nitrogen and oxygen atoms in total. The summed E-state index contributed by atoms with van der Waals surface area (Å²) in [4.78, 5) is 23.4. The summed E-state index contributed by atoms with van der Waals surface area (Å²) < 4.78 is 15.5. The highest BCUT2D eigenvalue weighted by Gasteiger charge is 2.24. The molecular weight excluding hydrogens is 378 g/mol. The van der Waals surface area contributed by atoms with Gasteiger partial charge < -0.3 is 24.9 Å². The maximum absolute atomic E-state index is 12.1. The average Bonchev–Trinajstić information content (AvgIpc) is 3.09. The summed E-state index contributed by atoms with van der Waals surface area (Å²) in [6.45, 7) is 8.98. The molecule has 1 aromatic carbocycles. The standard InChI is InChI=1S/C19H25N5O5/c1-6-7-14(22-18(26)29-19(2,3)4)16-24-23-15(28-16)12-9-8-11(10-13(12)20)21-17(25)27-5/h6,8-10,14H,1,7,20H2,2-5H3,(H,21,25)(H,22,26). The molecule has 0 bridgehead atoms. The van der Waals surface area contributed by atoms with E-state index in [2.05, 4.69) is 32.1 Å². The Labute approximate surface area is 168 Å². The van der Waals surface area contributed by atoms with Crippen molar-refractivity contribution in [2.75, 3.05) is 18.2 Å². The zero-order valence-corrected chi connectivity index (χ0v) is 16.8. The van der Waals surface area contributed by atoms with Gasteiger partial charge in [-0.05, 0) is 45.4 Å². The molecule has 0 saturated carbocycles. The third-order valence-electron chi connectivity index (χ3n) is 3.55. The van der Waals surface area contributed by atoms with E-state index in [0.717, 1.165) is 0 Å². The van der Waals surface area contributed by atoms with Crippen LogP contribution in [0.3, 0.4) is 0 Å². The second kappa shape index (κ2) is 9.09. The summed E-state index contributed by atoms with van der Waals surface area (Å²) in [5.74, 6) is 0.351. The molecule has 0 aliphatic heterocycles. The number of carbonyl (C=O) groups is 2. The fraction of sp³-hybridized carbons (Fsp3) is 0.368. The predicted octanol–water partition coefficient (Wildman–Crippen LogP) is 3.64. The van der Waals surface area contributed by atoms with Gasteiger partial charge in [0, 0.05) is 11.4 Å². The van der Waals surface area contributed by atoms with Crippen LogP contribution in [0.5, 0.6) is 0 Å². The lowest BCUT2D eigenvalue weighted by Crippen LogP contribution is -2.35. The number of amides is 2. The van der Waals surface area contributed by atoms with Crippen molar-refractivity contribution in [3.63, 3.8) is 0 Å². The van der Waals surface area contributed by atoms with Crippen LogP contribution in [-0.4, -0.2) is 35.1 Å². The van der Waals surface area contributed by atoms with Crippen molar-refractivity contribution in [3.8, 4) is 11.5 Å². The Bertz CT molecular complexity index is 887. The van der Waals surface area contributed by atoms with Gasteiger partial charge in [0.1, 0.15) is 11.6 Å². The van der Waals surface area contributed by atoms with Gasteiger partial charge in [-0.2, -0.15) is 0 Å². The lowest BCUT2D eigenvalue weighted by Gasteiger charge is -2.21. The summed E-state index contributed by atoms with van der Waals surface area (Å²) in [5, 5.41) is 13.2. The fourth-order valence-corrected chi connectivity index (χ4v) is 2.33. The lowest BCUT2D eigenvalue weighted by atomic mass is 10.1. The molecule has 0 aliphatic rings. The number of alkyl carbamates (subject to hydrolysis) is 1. The van der Waals surface area contributed by atoms with Crippen LogP contribution in [0.1, 0.15) is 39.1 Å². The zero-order chi connectivity index (χ0) is 21.6. The molecule has 4 N–H and O–H groups in total. The van der Waals surface area contributed by atoms with Gasteiger partial charge in [0.15, 0.2) is 0 Å². The number of nitrogens with one attached hydrogen (secondary N) is 2. The minimum atomic E-state index is -0.642. The first-order chi connectivity index (χ1) is 13.6. The number of nitrogen functional groups attached to an aromatic ring is 1. The van der Waals surface area contributed by atoms with Crippen molar-refractivity contribution in [2.45, 2.75) is 38.8 Å². The molecule has 1 aromatic heterocycles. The quantitative estimate of drug-likeness (QED) is 0.490. The van der Waals surface area contributed by atoms with Gasteiger partial charge in [-0.15, -0.1) is 16.8 Å². The highest BCUT2D eigenvalue weighted by Crippen LogP contribution is 2.29. The molecule has 0 fully saturated rings. The molecule has 156 valence electrons. The van der Waals surface area contributed by atoms with E-state index >= 15 is 0 Å². The van der Waals surface area contributed by atoms with Crippen molar-refractivity contribution in [1.82, 2.24) is 15.5 Å². The van der Waals surface area contributed by atoms with E-state index in [1.54, 1.807) is 39.0 Å². The number of anilines is 2. The maximum Gasteiger partial charge on any atom is 0.411 e. The number of nitrogens with zero attached hydrogens (tertiary/aromatic N) is 2. The van der Waals surface area contributed by atoms with Crippen LogP contribution in [0.4, 0.5) is 21.0 Å². The third kappa shape index (κ3) is 6.23. The summed E-state index contributed by atoms with van der Waals surface area (Å²) in [5.41, 5.74) is 6.64. The topological polar surface area (TPSA) is 142 Å². The van der Waals surface area contributed by atoms with Crippen molar-refractivity contribution in [1.29, 1.82) is 0 Å². The number of methoxy groups -OCH3 is 1. The molecular formula is C19H25N5O5. The summed E-state index contributed by atoms with van der Waals surface area (Å²) in [6.07, 6.45) is 0.755. The molecule has 1 unspecified atom stereocenters. The van der Waals surface area contributed by atoms with Crippen LogP contribution < -0.4 is 16.4 Å². The lowest BCUT2D eigenvalue weighted by molar-refractivity contribution is 0.0496. The molecule has 1 heterocycles. The number of benzene rings is 1. The van der Waals surface area contributed by atoms with Gasteiger partial charge in [-0.1, -0.05) is 6.08 Å². The third-order valence-corrected chi connectivity index (χ3v) is 3.55. The van der Waals surface area contributed by atoms with Crippen LogP contribution in [-0.2, 0) is 9.47 Å². The van der Waals surface area contributed by atoms with Crippen molar-refractivity contribution in [3.05, 3.63) is 36.7 Å². The molecule has 10 heteroatoms. The highest BCUT2D eigenvalue weighted by atomic mass is 16.6. The van der Waals surface area contributed by atoms with Crippen LogP contribution in [0.2, 0.25) is 0 Å². The monoisotopic (exact) mass is 403 g/mol. The Kier molecular flexibility index (Phi) is 6.81. The summed E-state index contributed by atoms with van der Waals surface area (Å²) >= 11 is 0. The van der Waals surface area contributed by atoms with Crippen LogP contribution in [0.15, 0.2) is 35.3 Å². The SMILES string of the molecule is C=CCC(NC(=O)OC(C)(C)C)c1nnc(-c2ccc(NC(=O)OC)cc2N)o1. The smallest absolute Gasteiger partial charge is 0.411 e. The molecule has 0 aliphatic carbocycles. The average molecular weight is 403 g/mol. The van der Waals surface area contributed by atoms with Crippen molar-refractivity contribution >= 4 is 23.6 Å². The van der Waals surface area contributed by atoms with Gasteiger partial charge >= 0.3 is 12.2 Å². The number of hydrogen-bond acceptors (Lipinski definition) is 8. The molecule has 2 aromatic rings. The number of carbonyl (C=O) groups excluding carboxylic acids is 2. The van der Waals surface area contributed by atoms with E-state index in [9.17, 15) is 9.59 Å². The fourth-order valence-electron chi connectivity index (χ4n) is 2.33. The Morgan fingerprint density at radius 3 is 2.62 bits per heavy atom. The number of ether oxygens (including phenoxy) is 2. The minimum absolute atomic E-state index is 0.169. The maximum atomic E-state index is 12.1. The first kappa shape index (κ1) is 21.7. The Morgan fingerprint density at radius 2 is 2.03 bits per heavy atom. The highest BCUT2D eigenvalue weighted by molar-refractivity contribution is 5.87. The van der Waals surface area contributed by atoms with Crippen LogP contribution >= 0.6 is 0 Å². The normalized spacial score (nSPS) is 12.0. The molecule has 2 rings (SSSR count). The number of hydrogen-bond donors (Lipinski definition) is 3. The Morgan fingerprint density at radius 1 is 1.31 bits per heavy atom. The molecule has 2 amide bonds. The Hall–Kier alpha value is -3.56. The van der Waals surface area contributed by atoms with Gasteiger partial charge in [-0.3, -0.25) is 5.32 Å². The van der Waals surface area contributed by atoms with E-state index in [1.807, 2.05) is 0 Å². The van der Waals surface area contributed by atoms with E-state index in [-0.39, 0.29) is 11.8 Å². The van der Waals surface area contributed by atoms with E-state index in [1.165, 1.54) is 13.2 Å². The molecule has 0 saturated heterocycles. The van der Waals surface area contributed by atoms with Crippen molar-refractivity contribution < 1.29 is 23.5 Å². The van der Waals surface area contributed by atoms with E-state index in [0.29, 0.717) is 23.4 Å². The minimum Gasteiger partial charge on any atom is -0.453 e. The van der Waals surface area contributed by atoms with Gasteiger partial charge in [0.05, 0.1) is 12.7 Å². The van der Waals surface area contributed by atoms with Crippen LogP contribution in [0, 0.1) is 0 Å². The number of aromatic nitrogens is 2. The first-order valence-corrected chi connectivity index (χ1v) is 8.81. The summed E-state index contributed by atoms with van der Waals surface area (Å²) in [6, 6.07) is 4.18. The van der Waals surface area contributed by atoms with E-state index < -0.39 is 23.8 Å². The zero-order valence-electron chi connectivity index (χ0n) is 16.8. The molecule has 0 spiro atoms. The molecule has 1 atom stereocenters. The molecule has 29 heavy (non-hydrogen) atoms. The van der Waals surface area contributed by atoms with Gasteiger partial charge in [-0.25, -0.2) is 9.59 Å². The predicted molar refractivity (Wildman–Crippen MR) is 107 cm³/mol. The first-order valence-electron chi connectivity index (χ1n) is 8.81. The number of nitrogens with two attached hydrogens (primary N) is 1. The summed E-state index contributed by atoms with van der Waals surface area (Å²) in [7, 11) is 1.26. The van der Waals surface area contributed by atoms with Crippen LogP contribution in [0.25, 0.3) is 11.5 Å². The molecule has 0 radical (unpaired) electrons. The van der Waals surface area contributed by atoms with Gasteiger partial charge in [0.2, 0.25) is 11.8 Å².